The van der Waals surface area contributed by atoms with Crippen LogP contribution in [0, 0.1) is 5.92 Å². The Labute approximate surface area is 95.5 Å². The van der Waals surface area contributed by atoms with Crippen LogP contribution in [0.1, 0.15) is 36.0 Å². The number of nitrogens with one attached hydrogen (secondary N) is 1. The van der Waals surface area contributed by atoms with Gasteiger partial charge in [-0.15, -0.1) is 0 Å². The topological polar surface area (TPSA) is 49.3 Å². The Balaban J connectivity index is 1.73. The van der Waals surface area contributed by atoms with Gasteiger partial charge in [0.05, 0.1) is 5.56 Å². The second-order valence-corrected chi connectivity index (χ2v) is 4.39. The molecular formula is C13H17NO2. The normalized spacial score (nSPS) is 14.8. The number of hydrogen-bond donors (Lipinski definition) is 2. The average Bonchev–Trinajstić information content (AvgIpc) is 3.09. The predicted molar refractivity (Wildman–Crippen MR) is 63.8 cm³/mol. The quantitative estimate of drug-likeness (QED) is 0.723. The third-order valence-corrected chi connectivity index (χ3v) is 2.95. The van der Waals surface area contributed by atoms with Crippen molar-refractivity contribution in [1.82, 2.24) is 0 Å². The second-order valence-electron chi connectivity index (χ2n) is 4.39. The summed E-state index contributed by atoms with van der Waals surface area (Å²) in [6.07, 6.45) is 5.34. The van der Waals surface area contributed by atoms with Crippen LogP contribution in [-0.4, -0.2) is 17.6 Å². The van der Waals surface area contributed by atoms with Gasteiger partial charge in [-0.1, -0.05) is 12.8 Å². The van der Waals surface area contributed by atoms with Gasteiger partial charge in [0.15, 0.2) is 0 Å². The highest BCUT2D eigenvalue weighted by atomic mass is 16.4. The van der Waals surface area contributed by atoms with E-state index in [0.29, 0.717) is 5.56 Å². The van der Waals surface area contributed by atoms with E-state index in [1.54, 1.807) is 12.1 Å². The number of rotatable bonds is 6. The van der Waals surface area contributed by atoms with Gasteiger partial charge in [0.1, 0.15) is 0 Å². The van der Waals surface area contributed by atoms with Crippen molar-refractivity contribution in [3.63, 3.8) is 0 Å². The molecule has 2 N–H and O–H groups in total. The van der Waals surface area contributed by atoms with E-state index in [2.05, 4.69) is 5.32 Å². The third kappa shape index (κ3) is 3.26. The lowest BCUT2D eigenvalue weighted by atomic mass is 10.2. The van der Waals surface area contributed by atoms with Gasteiger partial charge in [-0.05, 0) is 43.0 Å². The molecule has 86 valence electrons. The first-order valence-corrected chi connectivity index (χ1v) is 5.83. The highest BCUT2D eigenvalue weighted by Gasteiger charge is 2.19. The Morgan fingerprint density at radius 3 is 2.56 bits per heavy atom. The van der Waals surface area contributed by atoms with Crippen molar-refractivity contribution in [1.29, 1.82) is 0 Å². The maximum atomic E-state index is 10.6. The smallest absolute Gasteiger partial charge is 0.335 e. The zero-order valence-electron chi connectivity index (χ0n) is 9.28. The van der Waals surface area contributed by atoms with Gasteiger partial charge in [-0.2, -0.15) is 0 Å². The first-order valence-electron chi connectivity index (χ1n) is 5.83. The molecule has 0 amide bonds. The number of hydrogen-bond acceptors (Lipinski definition) is 2. The van der Waals surface area contributed by atoms with E-state index < -0.39 is 5.97 Å². The summed E-state index contributed by atoms with van der Waals surface area (Å²) in [5, 5.41) is 12.0. The first-order chi connectivity index (χ1) is 7.75. The Bertz CT molecular complexity index is 355. The average molecular weight is 219 g/mol. The van der Waals surface area contributed by atoms with Crippen molar-refractivity contribution >= 4 is 11.7 Å². The summed E-state index contributed by atoms with van der Waals surface area (Å²) in [5.74, 6) is 0.108. The van der Waals surface area contributed by atoms with Gasteiger partial charge in [-0.25, -0.2) is 4.79 Å². The molecule has 0 aromatic heterocycles. The van der Waals surface area contributed by atoms with Gasteiger partial charge in [0, 0.05) is 12.2 Å². The third-order valence-electron chi connectivity index (χ3n) is 2.95. The van der Waals surface area contributed by atoms with Crippen molar-refractivity contribution in [3.8, 4) is 0 Å². The van der Waals surface area contributed by atoms with Gasteiger partial charge in [0.2, 0.25) is 0 Å². The molecule has 2 rings (SSSR count). The molecular weight excluding hydrogens is 202 g/mol. The minimum Gasteiger partial charge on any atom is -0.478 e. The van der Waals surface area contributed by atoms with Crippen molar-refractivity contribution < 1.29 is 9.90 Å². The summed E-state index contributed by atoms with van der Waals surface area (Å²) in [6.45, 7) is 0.975. The number of carboxylic acids is 1. The molecule has 1 aliphatic carbocycles. The molecule has 0 unspecified atom stereocenters. The Kier molecular flexibility index (Phi) is 3.44. The molecule has 16 heavy (non-hydrogen) atoms. The molecule has 0 bridgehead atoms. The van der Waals surface area contributed by atoms with Crippen LogP contribution in [0.3, 0.4) is 0 Å². The fourth-order valence-electron chi connectivity index (χ4n) is 1.76. The lowest BCUT2D eigenvalue weighted by molar-refractivity contribution is 0.0697. The maximum absolute atomic E-state index is 10.6. The van der Waals surface area contributed by atoms with Crippen molar-refractivity contribution in [3.05, 3.63) is 29.8 Å². The Morgan fingerprint density at radius 2 is 2.00 bits per heavy atom. The zero-order valence-corrected chi connectivity index (χ0v) is 9.28. The second kappa shape index (κ2) is 5.01. The van der Waals surface area contributed by atoms with Crippen LogP contribution in [0.25, 0.3) is 0 Å². The van der Waals surface area contributed by atoms with Crippen LogP contribution in [0.15, 0.2) is 24.3 Å². The summed E-state index contributed by atoms with van der Waals surface area (Å²) in [6, 6.07) is 6.90. The van der Waals surface area contributed by atoms with Gasteiger partial charge in [0.25, 0.3) is 0 Å². The SMILES string of the molecule is O=C(O)c1ccc(NCCCC2CC2)cc1. The molecule has 0 saturated heterocycles. The van der Waals surface area contributed by atoms with Crippen LogP contribution < -0.4 is 5.32 Å². The molecule has 1 aromatic carbocycles. The minimum atomic E-state index is -0.875. The van der Waals surface area contributed by atoms with Crippen LogP contribution in [0.4, 0.5) is 5.69 Å². The molecule has 1 fully saturated rings. The van der Waals surface area contributed by atoms with E-state index in [-0.39, 0.29) is 0 Å². The standard InChI is InChI=1S/C13H17NO2/c15-13(16)11-5-7-12(8-6-11)14-9-1-2-10-3-4-10/h5-8,10,14H,1-4,9H2,(H,15,16). The molecule has 0 atom stereocenters. The zero-order chi connectivity index (χ0) is 11.4. The number of carboxylic acid groups (broad SMARTS) is 1. The van der Waals surface area contributed by atoms with Gasteiger partial charge < -0.3 is 10.4 Å². The summed E-state index contributed by atoms with van der Waals surface area (Å²) in [4.78, 5) is 10.6. The molecule has 1 aromatic rings. The van der Waals surface area contributed by atoms with Gasteiger partial charge >= 0.3 is 5.97 Å². The highest BCUT2D eigenvalue weighted by molar-refractivity contribution is 5.87. The molecule has 0 heterocycles. The minimum absolute atomic E-state index is 0.337. The van der Waals surface area contributed by atoms with Crippen molar-refractivity contribution in [2.75, 3.05) is 11.9 Å². The van der Waals surface area contributed by atoms with Crippen LogP contribution >= 0.6 is 0 Å². The molecule has 1 aliphatic rings. The number of benzene rings is 1. The van der Waals surface area contributed by atoms with E-state index in [1.165, 1.54) is 25.7 Å². The Morgan fingerprint density at radius 1 is 1.31 bits per heavy atom. The fraction of sp³-hybridized carbons (Fsp3) is 0.462. The van der Waals surface area contributed by atoms with Gasteiger partial charge in [-0.3, -0.25) is 0 Å². The predicted octanol–water partition coefficient (Wildman–Crippen LogP) is 2.99. The summed E-state index contributed by atoms with van der Waals surface area (Å²) in [5.41, 5.74) is 1.34. The van der Waals surface area contributed by atoms with Crippen LogP contribution in [-0.2, 0) is 0 Å². The highest BCUT2D eigenvalue weighted by Crippen LogP contribution is 2.33. The molecule has 0 spiro atoms. The summed E-state index contributed by atoms with van der Waals surface area (Å²) >= 11 is 0. The Hall–Kier alpha value is -1.51. The molecule has 3 heteroatoms. The monoisotopic (exact) mass is 219 g/mol. The van der Waals surface area contributed by atoms with Crippen LogP contribution in [0.5, 0.6) is 0 Å². The van der Waals surface area contributed by atoms with E-state index in [9.17, 15) is 4.79 Å². The lowest BCUT2D eigenvalue weighted by Gasteiger charge is -2.06. The fourth-order valence-corrected chi connectivity index (χ4v) is 1.76. The number of anilines is 1. The van der Waals surface area contributed by atoms with Crippen LogP contribution in [0.2, 0.25) is 0 Å². The number of aromatic carboxylic acids is 1. The number of carbonyl (C=O) groups is 1. The maximum Gasteiger partial charge on any atom is 0.335 e. The van der Waals surface area contributed by atoms with E-state index >= 15 is 0 Å². The summed E-state index contributed by atoms with van der Waals surface area (Å²) in [7, 11) is 0. The summed E-state index contributed by atoms with van der Waals surface area (Å²) < 4.78 is 0. The molecule has 3 nitrogen and oxygen atoms in total. The van der Waals surface area contributed by atoms with Crippen molar-refractivity contribution in [2.24, 2.45) is 5.92 Å². The van der Waals surface area contributed by atoms with E-state index in [0.717, 1.165) is 18.2 Å². The van der Waals surface area contributed by atoms with E-state index in [1.807, 2.05) is 12.1 Å². The molecule has 0 aliphatic heterocycles. The molecule has 1 saturated carbocycles. The van der Waals surface area contributed by atoms with Crippen molar-refractivity contribution in [2.45, 2.75) is 25.7 Å². The lowest BCUT2D eigenvalue weighted by Crippen LogP contribution is -2.02. The van der Waals surface area contributed by atoms with E-state index in [4.69, 9.17) is 5.11 Å². The molecule has 0 radical (unpaired) electrons. The largest absolute Gasteiger partial charge is 0.478 e. The first kappa shape index (κ1) is 11.0.